The SMILES string of the molecule is Cc1ccc(-c2ccccc2CC(=O)N(Cc2ccccc2)C2Cc3ccccc3C2)cc1. The Kier molecular flexibility index (Phi) is 6.08. The van der Waals surface area contributed by atoms with Gasteiger partial charge < -0.3 is 4.90 Å². The number of aryl methyl sites for hydroxylation is 1. The molecule has 0 aromatic heterocycles. The summed E-state index contributed by atoms with van der Waals surface area (Å²) in [4.78, 5) is 15.9. The van der Waals surface area contributed by atoms with E-state index < -0.39 is 0 Å². The maximum absolute atomic E-state index is 13.8. The Hall–Kier alpha value is -3.65. The van der Waals surface area contributed by atoms with Gasteiger partial charge >= 0.3 is 0 Å². The van der Waals surface area contributed by atoms with Crippen LogP contribution in [0.25, 0.3) is 11.1 Å². The summed E-state index contributed by atoms with van der Waals surface area (Å²) in [5, 5.41) is 0. The molecule has 0 saturated carbocycles. The zero-order valence-electron chi connectivity index (χ0n) is 19.1. The minimum atomic E-state index is 0.191. The van der Waals surface area contributed by atoms with Crippen LogP contribution in [0.4, 0.5) is 0 Å². The van der Waals surface area contributed by atoms with E-state index in [1.54, 1.807) is 0 Å². The molecule has 2 nitrogen and oxygen atoms in total. The molecule has 0 radical (unpaired) electrons. The summed E-state index contributed by atoms with van der Waals surface area (Å²) >= 11 is 0. The van der Waals surface area contributed by atoms with Crippen molar-refractivity contribution in [3.63, 3.8) is 0 Å². The van der Waals surface area contributed by atoms with Crippen molar-refractivity contribution in [1.82, 2.24) is 4.90 Å². The predicted octanol–water partition coefficient (Wildman–Crippen LogP) is 6.40. The lowest BCUT2D eigenvalue weighted by Crippen LogP contribution is -2.41. The molecule has 4 aromatic rings. The fourth-order valence-corrected chi connectivity index (χ4v) is 4.91. The Morgan fingerprint density at radius 2 is 1.36 bits per heavy atom. The van der Waals surface area contributed by atoms with Crippen molar-refractivity contribution in [1.29, 1.82) is 0 Å². The molecular weight excluding hydrogens is 402 g/mol. The standard InChI is InChI=1S/C31H29NO/c1-23-15-17-25(18-16-23)30-14-8-7-13-28(30)21-31(33)32(22-24-9-3-2-4-10-24)29-19-26-11-5-6-12-27(26)20-29/h2-18,29H,19-22H2,1H3. The third kappa shape index (κ3) is 4.75. The number of carbonyl (C=O) groups excluding carboxylic acids is 1. The van der Waals surface area contributed by atoms with Crippen LogP contribution in [0.15, 0.2) is 103 Å². The smallest absolute Gasteiger partial charge is 0.227 e. The quantitative estimate of drug-likeness (QED) is 0.346. The van der Waals surface area contributed by atoms with E-state index in [0.717, 1.165) is 29.5 Å². The van der Waals surface area contributed by atoms with E-state index in [2.05, 4.69) is 90.7 Å². The lowest BCUT2D eigenvalue weighted by molar-refractivity contribution is -0.133. The summed E-state index contributed by atoms with van der Waals surface area (Å²) in [5.41, 5.74) is 8.53. The minimum absolute atomic E-state index is 0.191. The van der Waals surface area contributed by atoms with Gasteiger partial charge in [-0.25, -0.2) is 0 Å². The molecule has 0 atom stereocenters. The van der Waals surface area contributed by atoms with E-state index in [4.69, 9.17) is 0 Å². The first-order valence-electron chi connectivity index (χ1n) is 11.7. The highest BCUT2D eigenvalue weighted by molar-refractivity contribution is 5.82. The summed E-state index contributed by atoms with van der Waals surface area (Å²) in [7, 11) is 0. The van der Waals surface area contributed by atoms with Crippen LogP contribution >= 0.6 is 0 Å². The molecule has 0 aliphatic heterocycles. The molecule has 5 rings (SSSR count). The first-order valence-corrected chi connectivity index (χ1v) is 11.7. The summed E-state index contributed by atoms with van der Waals surface area (Å²) in [6, 6.07) is 36.0. The monoisotopic (exact) mass is 431 g/mol. The van der Waals surface area contributed by atoms with Crippen molar-refractivity contribution >= 4 is 5.91 Å². The highest BCUT2D eigenvalue weighted by Gasteiger charge is 2.30. The number of amides is 1. The number of benzene rings is 4. The first-order chi connectivity index (χ1) is 16.2. The van der Waals surface area contributed by atoms with Gasteiger partial charge in [0.15, 0.2) is 0 Å². The van der Waals surface area contributed by atoms with Crippen LogP contribution in [-0.2, 0) is 30.6 Å². The molecule has 1 amide bonds. The molecule has 0 spiro atoms. The van der Waals surface area contributed by atoms with Gasteiger partial charge in [0.25, 0.3) is 0 Å². The van der Waals surface area contributed by atoms with Gasteiger partial charge in [0, 0.05) is 12.6 Å². The Bertz CT molecular complexity index is 1220. The van der Waals surface area contributed by atoms with Gasteiger partial charge in [-0.1, -0.05) is 109 Å². The van der Waals surface area contributed by atoms with Crippen molar-refractivity contribution in [2.24, 2.45) is 0 Å². The molecule has 1 aliphatic carbocycles. The van der Waals surface area contributed by atoms with Crippen molar-refractivity contribution in [2.75, 3.05) is 0 Å². The molecule has 164 valence electrons. The molecule has 0 N–H and O–H groups in total. The van der Waals surface area contributed by atoms with E-state index >= 15 is 0 Å². The average Bonchev–Trinajstić information content (AvgIpc) is 3.28. The van der Waals surface area contributed by atoms with Gasteiger partial charge in [-0.15, -0.1) is 0 Å². The van der Waals surface area contributed by atoms with Crippen molar-refractivity contribution < 1.29 is 4.79 Å². The van der Waals surface area contributed by atoms with Gasteiger partial charge in [0.05, 0.1) is 6.42 Å². The Balaban J connectivity index is 1.43. The van der Waals surface area contributed by atoms with Crippen molar-refractivity contribution in [2.45, 2.75) is 38.8 Å². The normalized spacial score (nSPS) is 13.0. The second-order valence-electron chi connectivity index (χ2n) is 9.04. The topological polar surface area (TPSA) is 20.3 Å². The lowest BCUT2D eigenvalue weighted by Gasteiger charge is -2.30. The second kappa shape index (κ2) is 9.46. The van der Waals surface area contributed by atoms with E-state index in [1.807, 2.05) is 24.3 Å². The van der Waals surface area contributed by atoms with Crippen LogP contribution in [0, 0.1) is 6.92 Å². The molecule has 0 heterocycles. The molecule has 2 heteroatoms. The van der Waals surface area contributed by atoms with E-state index in [1.165, 1.54) is 22.3 Å². The highest BCUT2D eigenvalue weighted by atomic mass is 16.2. The summed E-state index contributed by atoms with van der Waals surface area (Å²) in [5.74, 6) is 0.191. The number of carbonyl (C=O) groups is 1. The molecule has 0 unspecified atom stereocenters. The zero-order valence-corrected chi connectivity index (χ0v) is 19.1. The Morgan fingerprint density at radius 3 is 2.06 bits per heavy atom. The second-order valence-corrected chi connectivity index (χ2v) is 9.04. The molecule has 4 aromatic carbocycles. The average molecular weight is 432 g/mol. The summed E-state index contributed by atoms with van der Waals surface area (Å²) in [6.45, 7) is 2.74. The largest absolute Gasteiger partial charge is 0.334 e. The zero-order chi connectivity index (χ0) is 22.6. The first kappa shape index (κ1) is 21.2. The van der Waals surface area contributed by atoms with Crippen LogP contribution in [0.3, 0.4) is 0 Å². The predicted molar refractivity (Wildman–Crippen MR) is 135 cm³/mol. The van der Waals surface area contributed by atoms with Crippen LogP contribution in [0.2, 0.25) is 0 Å². The minimum Gasteiger partial charge on any atom is -0.334 e. The molecule has 33 heavy (non-hydrogen) atoms. The van der Waals surface area contributed by atoms with Crippen LogP contribution in [-0.4, -0.2) is 16.8 Å². The maximum atomic E-state index is 13.8. The van der Waals surface area contributed by atoms with Gasteiger partial charge in [0.1, 0.15) is 0 Å². The lowest BCUT2D eigenvalue weighted by atomic mass is 9.96. The van der Waals surface area contributed by atoms with E-state index in [-0.39, 0.29) is 11.9 Å². The van der Waals surface area contributed by atoms with Crippen LogP contribution in [0.1, 0.15) is 27.8 Å². The Labute approximate surface area is 196 Å². The van der Waals surface area contributed by atoms with Gasteiger partial charge in [-0.05, 0) is 53.1 Å². The molecule has 1 aliphatic rings. The highest BCUT2D eigenvalue weighted by Crippen LogP contribution is 2.29. The van der Waals surface area contributed by atoms with Crippen LogP contribution in [0.5, 0.6) is 0 Å². The number of hydrogen-bond acceptors (Lipinski definition) is 1. The summed E-state index contributed by atoms with van der Waals surface area (Å²) in [6.07, 6.45) is 2.26. The van der Waals surface area contributed by atoms with Crippen molar-refractivity contribution in [3.05, 3.63) is 131 Å². The molecular formula is C31H29NO. The van der Waals surface area contributed by atoms with E-state index in [9.17, 15) is 4.79 Å². The summed E-state index contributed by atoms with van der Waals surface area (Å²) < 4.78 is 0. The third-order valence-electron chi connectivity index (χ3n) is 6.71. The van der Waals surface area contributed by atoms with Crippen LogP contribution < -0.4 is 0 Å². The van der Waals surface area contributed by atoms with E-state index in [0.29, 0.717) is 13.0 Å². The molecule has 0 bridgehead atoms. The van der Waals surface area contributed by atoms with Crippen molar-refractivity contribution in [3.8, 4) is 11.1 Å². The Morgan fingerprint density at radius 1 is 0.758 bits per heavy atom. The van der Waals surface area contributed by atoms with Gasteiger partial charge in [-0.3, -0.25) is 4.79 Å². The number of fused-ring (bicyclic) bond motifs is 1. The fraction of sp³-hybridized carbons (Fsp3) is 0.194. The number of hydrogen-bond donors (Lipinski definition) is 0. The fourth-order valence-electron chi connectivity index (χ4n) is 4.91. The van der Waals surface area contributed by atoms with Gasteiger partial charge in [-0.2, -0.15) is 0 Å². The third-order valence-corrected chi connectivity index (χ3v) is 6.71. The van der Waals surface area contributed by atoms with Gasteiger partial charge in [0.2, 0.25) is 5.91 Å². The maximum Gasteiger partial charge on any atom is 0.227 e. The molecule has 0 fully saturated rings. The number of nitrogens with zero attached hydrogens (tertiary/aromatic N) is 1. The number of rotatable bonds is 6. The molecule has 0 saturated heterocycles.